The van der Waals surface area contributed by atoms with Crippen molar-refractivity contribution < 1.29 is 9.05 Å². The Hall–Kier alpha value is -5.13. The molecule has 0 saturated heterocycles. The van der Waals surface area contributed by atoms with Crippen LogP contribution in [0.15, 0.2) is 194 Å². The third-order valence-corrected chi connectivity index (χ3v) is 14.3. The minimum absolute atomic E-state index is 0.675. The summed E-state index contributed by atoms with van der Waals surface area (Å²) in [4.78, 5) is 0. The van der Waals surface area contributed by atoms with Gasteiger partial charge in [0.1, 0.15) is 21.2 Å². The van der Waals surface area contributed by atoms with Crippen LogP contribution in [0.3, 0.4) is 0 Å². The number of hydrogen-bond donors (Lipinski definition) is 0. The van der Waals surface area contributed by atoms with Gasteiger partial charge in [-0.15, -0.1) is 0 Å². The predicted molar refractivity (Wildman–Crippen MR) is 218 cm³/mol. The third kappa shape index (κ3) is 5.90. The highest BCUT2D eigenvalue weighted by molar-refractivity contribution is 8.05. The topological polar surface area (TPSA) is 18.5 Å². The van der Waals surface area contributed by atoms with Gasteiger partial charge in [-0.3, -0.25) is 0 Å². The van der Waals surface area contributed by atoms with Crippen molar-refractivity contribution >= 4 is 72.6 Å². The third-order valence-electron chi connectivity index (χ3n) is 9.08. The van der Waals surface area contributed by atoms with Gasteiger partial charge in [-0.2, -0.15) is 0 Å². The van der Waals surface area contributed by atoms with E-state index in [1.807, 2.05) is 72.8 Å². The molecule has 234 valence electrons. The zero-order chi connectivity index (χ0) is 34.0. The van der Waals surface area contributed by atoms with Gasteiger partial charge in [0.2, 0.25) is 0 Å². The standard InChI is InChI=1S/C44H32B2O2P2/c45-49(35-19-5-1-6-20-35,36-21-7-2-8-22-36)47-41-31-29-33-17-13-15-27-39(33)43(41)44-40-28-16-14-18-34(40)30-32-42(44)48-50(46,37-23-9-3-10-24-37)38-25-11-4-12-26-38/h1-32H/q+2. The maximum atomic E-state index is 7.51. The summed E-state index contributed by atoms with van der Waals surface area (Å²) in [7, 11) is 9.24. The molecule has 0 N–H and O–H groups in total. The van der Waals surface area contributed by atoms with Gasteiger partial charge in [0.15, 0.2) is 26.2 Å². The zero-order valence-electron chi connectivity index (χ0n) is 27.3. The van der Waals surface area contributed by atoms with Gasteiger partial charge < -0.3 is 9.05 Å². The molecule has 2 nitrogen and oxygen atoms in total. The Labute approximate surface area is 297 Å². The van der Waals surface area contributed by atoms with E-state index in [4.69, 9.17) is 24.2 Å². The summed E-state index contributed by atoms with van der Waals surface area (Å²) in [5.74, 6) is 1.35. The van der Waals surface area contributed by atoms with Crippen LogP contribution in [0.4, 0.5) is 0 Å². The van der Waals surface area contributed by atoms with Crippen molar-refractivity contribution in [3.05, 3.63) is 194 Å². The second kappa shape index (κ2) is 13.6. The summed E-state index contributed by atoms with van der Waals surface area (Å²) in [5.41, 5.74) is 1.81. The maximum Gasteiger partial charge on any atom is 0.428 e. The maximum absolute atomic E-state index is 7.51. The molecule has 8 aromatic carbocycles. The summed E-state index contributed by atoms with van der Waals surface area (Å²) in [6.45, 7) is 0. The summed E-state index contributed by atoms with van der Waals surface area (Å²) in [5, 5.41) is 7.99. The minimum atomic E-state index is -2.89. The van der Waals surface area contributed by atoms with E-state index >= 15 is 0 Å². The quantitative estimate of drug-likeness (QED) is 0.112. The second-order valence-corrected chi connectivity index (χ2v) is 17.2. The lowest BCUT2D eigenvalue weighted by atomic mass is 9.92. The molecule has 0 spiro atoms. The van der Waals surface area contributed by atoms with E-state index in [0.717, 1.165) is 53.9 Å². The largest absolute Gasteiger partial charge is 0.428 e. The Kier molecular flexibility index (Phi) is 8.76. The molecule has 0 aliphatic heterocycles. The summed E-state index contributed by atoms with van der Waals surface area (Å²) in [6.07, 6.45) is 0. The van der Waals surface area contributed by atoms with E-state index in [1.165, 1.54) is 0 Å². The fourth-order valence-electron chi connectivity index (χ4n) is 6.59. The molecular weight excluding hydrogens is 644 g/mol. The first kappa shape index (κ1) is 32.1. The van der Waals surface area contributed by atoms with E-state index in [0.29, 0.717) is 11.5 Å². The molecule has 6 heteroatoms. The molecule has 0 atom stereocenters. The van der Waals surface area contributed by atoms with Gasteiger partial charge in [-0.05, 0) is 82.2 Å². The molecule has 4 radical (unpaired) electrons. The number of rotatable bonds is 9. The molecule has 0 aromatic heterocycles. The van der Waals surface area contributed by atoms with E-state index in [-0.39, 0.29) is 0 Å². The predicted octanol–water partition coefficient (Wildman–Crippen LogP) is 9.75. The average Bonchev–Trinajstić information content (AvgIpc) is 3.19. The Morgan fingerprint density at radius 3 is 0.900 bits per heavy atom. The highest BCUT2D eigenvalue weighted by Crippen LogP contribution is 2.59. The molecule has 0 saturated carbocycles. The van der Waals surface area contributed by atoms with Crippen molar-refractivity contribution in [3.63, 3.8) is 0 Å². The van der Waals surface area contributed by atoms with Crippen molar-refractivity contribution in [2.24, 2.45) is 0 Å². The number of benzene rings is 8. The lowest BCUT2D eigenvalue weighted by Gasteiger charge is -2.27. The van der Waals surface area contributed by atoms with Crippen LogP contribution in [0.2, 0.25) is 0 Å². The first-order chi connectivity index (χ1) is 24.5. The van der Waals surface area contributed by atoms with Gasteiger partial charge >= 0.3 is 15.1 Å². The molecule has 0 bridgehead atoms. The lowest BCUT2D eigenvalue weighted by Crippen LogP contribution is -2.27. The van der Waals surface area contributed by atoms with Gasteiger partial charge in [0.25, 0.3) is 0 Å². The summed E-state index contributed by atoms with van der Waals surface area (Å²) >= 11 is 0. The van der Waals surface area contributed by atoms with Crippen molar-refractivity contribution in [1.82, 2.24) is 0 Å². The molecule has 0 aliphatic carbocycles. The van der Waals surface area contributed by atoms with Gasteiger partial charge in [-0.1, -0.05) is 133 Å². The average molecular weight is 676 g/mol. The smallest absolute Gasteiger partial charge is 0.358 e. The van der Waals surface area contributed by atoms with E-state index in [2.05, 4.69) is 121 Å². The van der Waals surface area contributed by atoms with Crippen LogP contribution in [0.25, 0.3) is 32.7 Å². The highest BCUT2D eigenvalue weighted by Gasteiger charge is 2.44. The molecule has 50 heavy (non-hydrogen) atoms. The molecule has 8 rings (SSSR count). The van der Waals surface area contributed by atoms with Crippen LogP contribution in [0, 0.1) is 0 Å². The summed E-state index contributed by atoms with van der Waals surface area (Å²) < 4.78 is 14.6. The van der Waals surface area contributed by atoms with Crippen molar-refractivity contribution in [2.45, 2.75) is 0 Å². The fraction of sp³-hybridized carbons (Fsp3) is 0. The lowest BCUT2D eigenvalue weighted by molar-refractivity contribution is 0.619. The van der Waals surface area contributed by atoms with E-state index < -0.39 is 14.7 Å². The Morgan fingerprint density at radius 1 is 0.300 bits per heavy atom. The molecule has 0 unspecified atom stereocenters. The Balaban J connectivity index is 1.41. The first-order valence-electron chi connectivity index (χ1n) is 16.6. The molecule has 0 heterocycles. The van der Waals surface area contributed by atoms with Gasteiger partial charge in [0, 0.05) is 11.1 Å². The van der Waals surface area contributed by atoms with E-state index in [9.17, 15) is 0 Å². The monoisotopic (exact) mass is 676 g/mol. The van der Waals surface area contributed by atoms with Crippen LogP contribution >= 0.6 is 14.7 Å². The second-order valence-electron chi connectivity index (χ2n) is 12.2. The molecule has 8 aromatic rings. The van der Waals surface area contributed by atoms with Crippen LogP contribution in [0.5, 0.6) is 11.5 Å². The molecule has 0 aliphatic rings. The van der Waals surface area contributed by atoms with Crippen LogP contribution in [-0.2, 0) is 0 Å². The highest BCUT2D eigenvalue weighted by atomic mass is 31.2. The van der Waals surface area contributed by atoms with E-state index in [1.54, 1.807) is 0 Å². The van der Waals surface area contributed by atoms with Crippen LogP contribution in [-0.4, -0.2) is 15.1 Å². The number of fused-ring (bicyclic) bond motifs is 2. The Morgan fingerprint density at radius 2 is 0.580 bits per heavy atom. The molecule has 0 amide bonds. The SMILES string of the molecule is [B][P+](Oc1ccc2ccccc2c1-c1c(O[P+]([B])(c2ccccc2)c2ccccc2)ccc2ccccc12)(c1ccccc1)c1ccccc1. The number of hydrogen-bond acceptors (Lipinski definition) is 2. The van der Waals surface area contributed by atoms with Gasteiger partial charge in [0.05, 0.1) is 0 Å². The minimum Gasteiger partial charge on any atom is -0.358 e. The van der Waals surface area contributed by atoms with Crippen LogP contribution < -0.4 is 30.3 Å². The fourth-order valence-corrected chi connectivity index (χ4v) is 11.0. The van der Waals surface area contributed by atoms with Gasteiger partial charge in [-0.25, -0.2) is 0 Å². The van der Waals surface area contributed by atoms with Crippen molar-refractivity contribution in [3.8, 4) is 22.6 Å². The van der Waals surface area contributed by atoms with Crippen molar-refractivity contribution in [2.75, 3.05) is 0 Å². The molecule has 0 fully saturated rings. The normalized spacial score (nSPS) is 11.8. The van der Waals surface area contributed by atoms with Crippen LogP contribution in [0.1, 0.15) is 0 Å². The summed E-state index contributed by atoms with van der Waals surface area (Å²) in [6, 6.07) is 65.7. The first-order valence-corrected chi connectivity index (χ1v) is 20.1. The Bertz CT molecular complexity index is 2160. The molecular formula is C44H32B2O2P2+2. The zero-order valence-corrected chi connectivity index (χ0v) is 29.1. The van der Waals surface area contributed by atoms with Crippen molar-refractivity contribution in [1.29, 1.82) is 0 Å².